The normalized spacial score (nSPS) is 23.0. The number of aliphatic hydroxyl groups excluding tert-OH is 1. The van der Waals surface area contributed by atoms with E-state index >= 15 is 0 Å². The molecule has 3 atom stereocenters. The minimum atomic E-state index is -0.482. The standard InChI is InChI=1S/C19H31NO4/c1-14-6-5-7-15(2)20(14)11-17(21)13-24-12-16-10-18(22-3)8-9-19(16)23-4/h8-10,14-15,17,21H,5-7,11-13H2,1-4H3/t14-,15-,17-/m1/s1. The van der Waals surface area contributed by atoms with Gasteiger partial charge in [-0.1, -0.05) is 6.42 Å². The average molecular weight is 337 g/mol. The Bertz CT molecular complexity index is 498. The van der Waals surface area contributed by atoms with Gasteiger partial charge in [0.1, 0.15) is 11.5 Å². The maximum absolute atomic E-state index is 10.3. The summed E-state index contributed by atoms with van der Waals surface area (Å²) in [6.07, 6.45) is 3.21. The molecule has 5 nitrogen and oxygen atoms in total. The van der Waals surface area contributed by atoms with E-state index in [1.165, 1.54) is 19.3 Å². The number of ether oxygens (including phenoxy) is 3. The van der Waals surface area contributed by atoms with E-state index in [0.717, 1.165) is 17.1 Å². The molecular weight excluding hydrogens is 306 g/mol. The topological polar surface area (TPSA) is 51.2 Å². The van der Waals surface area contributed by atoms with Crippen molar-refractivity contribution < 1.29 is 19.3 Å². The van der Waals surface area contributed by atoms with Crippen LogP contribution in [0.15, 0.2) is 18.2 Å². The maximum atomic E-state index is 10.3. The summed E-state index contributed by atoms with van der Waals surface area (Å²) in [5, 5.41) is 10.3. The molecule has 0 radical (unpaired) electrons. The van der Waals surface area contributed by atoms with Gasteiger partial charge in [-0.15, -0.1) is 0 Å². The summed E-state index contributed by atoms with van der Waals surface area (Å²) in [4.78, 5) is 2.39. The fraction of sp³-hybridized carbons (Fsp3) is 0.684. The number of piperidine rings is 1. The lowest BCUT2D eigenvalue weighted by atomic mass is 9.97. The molecule has 1 aliphatic rings. The molecule has 1 aromatic rings. The van der Waals surface area contributed by atoms with Gasteiger partial charge in [0, 0.05) is 24.2 Å². The lowest BCUT2D eigenvalue weighted by Gasteiger charge is -2.40. The molecule has 2 rings (SSSR count). The number of hydrogen-bond acceptors (Lipinski definition) is 5. The second-order valence-electron chi connectivity index (χ2n) is 6.67. The predicted octanol–water partition coefficient (Wildman–Crippen LogP) is 2.84. The third kappa shape index (κ3) is 5.10. The van der Waals surface area contributed by atoms with E-state index in [9.17, 15) is 5.11 Å². The van der Waals surface area contributed by atoms with Gasteiger partial charge in [-0.05, 0) is 44.9 Å². The maximum Gasteiger partial charge on any atom is 0.124 e. The van der Waals surface area contributed by atoms with Crippen LogP contribution in [0.25, 0.3) is 0 Å². The van der Waals surface area contributed by atoms with Gasteiger partial charge in [-0.2, -0.15) is 0 Å². The molecule has 24 heavy (non-hydrogen) atoms. The molecule has 0 bridgehead atoms. The van der Waals surface area contributed by atoms with Crippen molar-refractivity contribution in [1.82, 2.24) is 4.90 Å². The van der Waals surface area contributed by atoms with Crippen LogP contribution in [0.5, 0.6) is 11.5 Å². The summed E-state index contributed by atoms with van der Waals surface area (Å²) in [7, 11) is 3.27. The number of benzene rings is 1. The molecule has 1 saturated heterocycles. The van der Waals surface area contributed by atoms with Gasteiger partial charge in [0.05, 0.1) is 33.5 Å². The molecule has 1 N–H and O–H groups in total. The molecule has 1 aromatic carbocycles. The Morgan fingerprint density at radius 1 is 1.17 bits per heavy atom. The molecule has 0 spiro atoms. The first-order valence-corrected chi connectivity index (χ1v) is 8.77. The highest BCUT2D eigenvalue weighted by Gasteiger charge is 2.26. The third-order valence-electron chi connectivity index (χ3n) is 4.85. The van der Waals surface area contributed by atoms with E-state index in [1.807, 2.05) is 18.2 Å². The largest absolute Gasteiger partial charge is 0.497 e. The highest BCUT2D eigenvalue weighted by atomic mass is 16.5. The summed E-state index contributed by atoms with van der Waals surface area (Å²) >= 11 is 0. The van der Waals surface area contributed by atoms with E-state index in [0.29, 0.717) is 31.8 Å². The molecule has 0 aliphatic carbocycles. The average Bonchev–Trinajstić information content (AvgIpc) is 2.58. The molecule has 0 amide bonds. The van der Waals surface area contributed by atoms with Crippen molar-refractivity contribution in [1.29, 1.82) is 0 Å². The highest BCUT2D eigenvalue weighted by molar-refractivity contribution is 5.39. The number of rotatable bonds is 8. The monoisotopic (exact) mass is 337 g/mol. The van der Waals surface area contributed by atoms with Crippen molar-refractivity contribution in [2.75, 3.05) is 27.4 Å². The summed E-state index contributed by atoms with van der Waals surface area (Å²) < 4.78 is 16.3. The van der Waals surface area contributed by atoms with Crippen molar-refractivity contribution >= 4 is 0 Å². The summed E-state index contributed by atoms with van der Waals surface area (Å²) in [5.41, 5.74) is 0.920. The van der Waals surface area contributed by atoms with Crippen molar-refractivity contribution in [2.45, 2.75) is 57.9 Å². The third-order valence-corrected chi connectivity index (χ3v) is 4.85. The van der Waals surface area contributed by atoms with Crippen LogP contribution >= 0.6 is 0 Å². The Kier molecular flexibility index (Phi) is 7.34. The fourth-order valence-electron chi connectivity index (χ4n) is 3.43. The van der Waals surface area contributed by atoms with Gasteiger partial charge in [0.2, 0.25) is 0 Å². The lowest BCUT2D eigenvalue weighted by molar-refractivity contribution is -0.0138. The Morgan fingerprint density at radius 3 is 2.50 bits per heavy atom. The summed E-state index contributed by atoms with van der Waals surface area (Å²) in [5.74, 6) is 1.54. The van der Waals surface area contributed by atoms with Crippen molar-refractivity contribution in [3.05, 3.63) is 23.8 Å². The minimum Gasteiger partial charge on any atom is -0.497 e. The van der Waals surface area contributed by atoms with E-state index in [4.69, 9.17) is 14.2 Å². The fourth-order valence-corrected chi connectivity index (χ4v) is 3.43. The van der Waals surface area contributed by atoms with Crippen LogP contribution in [-0.4, -0.2) is 55.6 Å². The quantitative estimate of drug-likeness (QED) is 0.790. The molecule has 0 unspecified atom stereocenters. The zero-order chi connectivity index (χ0) is 17.5. The van der Waals surface area contributed by atoms with Crippen LogP contribution in [0.3, 0.4) is 0 Å². The molecule has 136 valence electrons. The molecule has 0 saturated carbocycles. The van der Waals surface area contributed by atoms with E-state index in [2.05, 4.69) is 18.7 Å². The lowest BCUT2D eigenvalue weighted by Crippen LogP contribution is -2.48. The van der Waals surface area contributed by atoms with E-state index < -0.39 is 6.10 Å². The van der Waals surface area contributed by atoms with Crippen molar-refractivity contribution in [3.63, 3.8) is 0 Å². The molecule has 1 fully saturated rings. The zero-order valence-electron chi connectivity index (χ0n) is 15.3. The van der Waals surface area contributed by atoms with Crippen LogP contribution < -0.4 is 9.47 Å². The minimum absolute atomic E-state index is 0.316. The van der Waals surface area contributed by atoms with Crippen molar-refractivity contribution in [2.24, 2.45) is 0 Å². The van der Waals surface area contributed by atoms with E-state index in [-0.39, 0.29) is 0 Å². The molecule has 1 aliphatic heterocycles. The second-order valence-corrected chi connectivity index (χ2v) is 6.67. The van der Waals surface area contributed by atoms with Gasteiger partial charge in [0.25, 0.3) is 0 Å². The SMILES string of the molecule is COc1ccc(OC)c(COC[C@H](O)CN2[C@H](C)CCC[C@H]2C)c1. The number of nitrogens with zero attached hydrogens (tertiary/aromatic N) is 1. The first kappa shape index (κ1) is 19.0. The molecular formula is C19H31NO4. The Labute approximate surface area is 145 Å². The van der Waals surface area contributed by atoms with Crippen molar-refractivity contribution in [3.8, 4) is 11.5 Å². The molecule has 1 heterocycles. The van der Waals surface area contributed by atoms with Gasteiger partial charge < -0.3 is 19.3 Å². The summed E-state index contributed by atoms with van der Waals surface area (Å²) in [6, 6.07) is 6.69. The van der Waals surface area contributed by atoms with Gasteiger partial charge in [-0.25, -0.2) is 0 Å². The van der Waals surface area contributed by atoms with Crippen LogP contribution in [-0.2, 0) is 11.3 Å². The number of methoxy groups -OCH3 is 2. The van der Waals surface area contributed by atoms with Crippen LogP contribution in [0.1, 0.15) is 38.7 Å². The molecule has 5 heteroatoms. The number of likely N-dealkylation sites (tertiary alicyclic amines) is 1. The van der Waals surface area contributed by atoms with Crippen LogP contribution in [0.4, 0.5) is 0 Å². The van der Waals surface area contributed by atoms with Gasteiger partial charge in [-0.3, -0.25) is 4.90 Å². The van der Waals surface area contributed by atoms with Crippen LogP contribution in [0.2, 0.25) is 0 Å². The Hall–Kier alpha value is -1.30. The number of aliphatic hydroxyl groups is 1. The first-order valence-electron chi connectivity index (χ1n) is 8.77. The smallest absolute Gasteiger partial charge is 0.124 e. The Balaban J connectivity index is 1.83. The van der Waals surface area contributed by atoms with Crippen LogP contribution in [0, 0.1) is 0 Å². The van der Waals surface area contributed by atoms with Gasteiger partial charge >= 0.3 is 0 Å². The zero-order valence-corrected chi connectivity index (χ0v) is 15.3. The predicted molar refractivity (Wildman–Crippen MR) is 94.7 cm³/mol. The number of hydrogen-bond donors (Lipinski definition) is 1. The summed E-state index contributed by atoms with van der Waals surface area (Å²) in [6.45, 7) is 5.85. The highest BCUT2D eigenvalue weighted by Crippen LogP contribution is 2.25. The number of β-amino-alcohol motifs (C(OH)–C–C–N with tert-alkyl or cyclic N) is 1. The second kappa shape index (κ2) is 9.25. The first-order chi connectivity index (χ1) is 11.5. The Morgan fingerprint density at radius 2 is 1.88 bits per heavy atom. The van der Waals surface area contributed by atoms with E-state index in [1.54, 1.807) is 14.2 Å². The van der Waals surface area contributed by atoms with Gasteiger partial charge in [0.15, 0.2) is 0 Å². The molecule has 0 aromatic heterocycles.